The Morgan fingerprint density at radius 1 is 1.37 bits per heavy atom. The molecule has 0 radical (unpaired) electrons. The van der Waals surface area contributed by atoms with E-state index in [-0.39, 0.29) is 11.9 Å². The van der Waals surface area contributed by atoms with Crippen molar-refractivity contribution in [3.05, 3.63) is 27.7 Å². The number of anilines is 1. The van der Waals surface area contributed by atoms with Gasteiger partial charge in [0.05, 0.1) is 6.04 Å². The van der Waals surface area contributed by atoms with Gasteiger partial charge in [0.15, 0.2) is 0 Å². The van der Waals surface area contributed by atoms with Gasteiger partial charge in [0.2, 0.25) is 5.91 Å². The maximum atomic E-state index is 12.5. The van der Waals surface area contributed by atoms with E-state index < -0.39 is 0 Å². The van der Waals surface area contributed by atoms with Gasteiger partial charge in [-0.15, -0.1) is 0 Å². The number of carbonyl (C=O) groups excluding carboxylic acids is 1. The quantitative estimate of drug-likeness (QED) is 0.926. The van der Waals surface area contributed by atoms with Crippen LogP contribution in [0.15, 0.2) is 16.6 Å². The first kappa shape index (κ1) is 14.5. The lowest BCUT2D eigenvalue weighted by Crippen LogP contribution is -2.50. The molecular formula is C15H21BrN2O. The van der Waals surface area contributed by atoms with Crippen LogP contribution >= 0.6 is 15.9 Å². The van der Waals surface area contributed by atoms with Gasteiger partial charge in [0.25, 0.3) is 0 Å². The van der Waals surface area contributed by atoms with Gasteiger partial charge in [-0.3, -0.25) is 4.79 Å². The lowest BCUT2D eigenvalue weighted by molar-refractivity contribution is -0.121. The van der Waals surface area contributed by atoms with Crippen molar-refractivity contribution in [1.82, 2.24) is 5.32 Å². The van der Waals surface area contributed by atoms with Crippen molar-refractivity contribution in [1.29, 1.82) is 0 Å². The molecule has 1 N–H and O–H groups in total. The highest BCUT2D eigenvalue weighted by molar-refractivity contribution is 9.10. The monoisotopic (exact) mass is 324 g/mol. The predicted molar refractivity (Wildman–Crippen MR) is 82.7 cm³/mol. The van der Waals surface area contributed by atoms with Crippen LogP contribution in [-0.2, 0) is 4.79 Å². The number of benzene rings is 1. The van der Waals surface area contributed by atoms with E-state index in [0.29, 0.717) is 0 Å². The minimum atomic E-state index is -0.0250. The lowest BCUT2D eigenvalue weighted by atomic mass is 10.0. The van der Waals surface area contributed by atoms with Crippen LogP contribution in [0.5, 0.6) is 0 Å². The first-order chi connectivity index (χ1) is 9.04. The molecular weight excluding hydrogens is 304 g/mol. The van der Waals surface area contributed by atoms with Crippen LogP contribution in [0.4, 0.5) is 5.69 Å². The summed E-state index contributed by atoms with van der Waals surface area (Å²) in [6.45, 7) is 7.83. The molecule has 0 aromatic heterocycles. The molecule has 0 aliphatic carbocycles. The van der Waals surface area contributed by atoms with Gasteiger partial charge in [-0.25, -0.2) is 0 Å². The van der Waals surface area contributed by atoms with Crippen molar-refractivity contribution < 1.29 is 4.79 Å². The van der Waals surface area contributed by atoms with E-state index in [4.69, 9.17) is 0 Å². The van der Waals surface area contributed by atoms with E-state index in [2.05, 4.69) is 47.2 Å². The second-order valence-electron chi connectivity index (χ2n) is 5.14. The van der Waals surface area contributed by atoms with Gasteiger partial charge >= 0.3 is 0 Å². The fourth-order valence-electron chi connectivity index (χ4n) is 2.65. The molecule has 1 aliphatic rings. The van der Waals surface area contributed by atoms with Crippen LogP contribution in [0, 0.1) is 13.8 Å². The van der Waals surface area contributed by atoms with Crippen molar-refractivity contribution in [3.63, 3.8) is 0 Å². The number of rotatable bonds is 3. The molecule has 2 rings (SSSR count). The lowest BCUT2D eigenvalue weighted by Gasteiger charge is -2.33. The van der Waals surface area contributed by atoms with E-state index in [9.17, 15) is 4.79 Å². The number of amides is 1. The summed E-state index contributed by atoms with van der Waals surface area (Å²) >= 11 is 3.57. The van der Waals surface area contributed by atoms with Gasteiger partial charge in [0, 0.05) is 16.7 Å². The molecule has 1 aromatic rings. The maximum Gasteiger partial charge on any atom is 0.244 e. The third kappa shape index (κ3) is 3.00. The third-order valence-electron chi connectivity index (χ3n) is 3.62. The van der Waals surface area contributed by atoms with E-state index in [1.165, 1.54) is 11.1 Å². The molecule has 4 heteroatoms. The number of carbonyl (C=O) groups is 1. The molecule has 1 aromatic carbocycles. The summed E-state index contributed by atoms with van der Waals surface area (Å²) in [7, 11) is 0. The smallest absolute Gasteiger partial charge is 0.244 e. The Kier molecular flexibility index (Phi) is 4.63. The highest BCUT2D eigenvalue weighted by Gasteiger charge is 2.29. The predicted octanol–water partition coefficient (Wildman–Crippen LogP) is 3.17. The second-order valence-corrected chi connectivity index (χ2v) is 5.93. The topological polar surface area (TPSA) is 32.3 Å². The number of hydrogen-bond acceptors (Lipinski definition) is 2. The average molecular weight is 325 g/mol. The maximum absolute atomic E-state index is 12.5. The van der Waals surface area contributed by atoms with Crippen LogP contribution in [0.2, 0.25) is 0 Å². The summed E-state index contributed by atoms with van der Waals surface area (Å²) in [5, 5.41) is 3.27. The highest BCUT2D eigenvalue weighted by Crippen LogP contribution is 2.29. The van der Waals surface area contributed by atoms with Crippen LogP contribution in [-0.4, -0.2) is 25.0 Å². The molecule has 3 nitrogen and oxygen atoms in total. The summed E-state index contributed by atoms with van der Waals surface area (Å²) in [6.07, 6.45) is 2.00. The standard InChI is InChI=1S/C15H21BrN2O/c1-4-17-13-6-5-7-18(15(13)19)12-8-10(2)14(16)11(3)9-12/h8-9,13,17H,4-7H2,1-3H3. The van der Waals surface area contributed by atoms with Crippen molar-refractivity contribution in [2.45, 2.75) is 39.7 Å². The summed E-state index contributed by atoms with van der Waals surface area (Å²) in [6, 6.07) is 4.15. The molecule has 1 amide bonds. The molecule has 104 valence electrons. The van der Waals surface area contributed by atoms with Crippen molar-refractivity contribution in [2.24, 2.45) is 0 Å². The molecule has 0 saturated carbocycles. The molecule has 1 fully saturated rings. The largest absolute Gasteiger partial charge is 0.311 e. The zero-order chi connectivity index (χ0) is 14.0. The molecule has 19 heavy (non-hydrogen) atoms. The second kappa shape index (κ2) is 6.06. The van der Waals surface area contributed by atoms with E-state index in [1.54, 1.807) is 0 Å². The van der Waals surface area contributed by atoms with Crippen LogP contribution < -0.4 is 10.2 Å². The molecule has 0 bridgehead atoms. The number of likely N-dealkylation sites (N-methyl/N-ethyl adjacent to an activating group) is 1. The molecule has 1 unspecified atom stereocenters. The number of aryl methyl sites for hydroxylation is 2. The van der Waals surface area contributed by atoms with Crippen LogP contribution in [0.3, 0.4) is 0 Å². The number of nitrogens with one attached hydrogen (secondary N) is 1. The Hall–Kier alpha value is -0.870. The van der Waals surface area contributed by atoms with Gasteiger partial charge in [0.1, 0.15) is 0 Å². The van der Waals surface area contributed by atoms with Gasteiger partial charge in [-0.05, 0) is 56.5 Å². The zero-order valence-corrected chi connectivity index (χ0v) is 13.4. The molecule has 1 heterocycles. The van der Waals surface area contributed by atoms with Gasteiger partial charge in [-0.1, -0.05) is 22.9 Å². The molecule has 1 atom stereocenters. The Morgan fingerprint density at radius 2 is 2.00 bits per heavy atom. The minimum Gasteiger partial charge on any atom is -0.311 e. The Morgan fingerprint density at radius 3 is 2.58 bits per heavy atom. The summed E-state index contributed by atoms with van der Waals surface area (Å²) < 4.78 is 1.13. The molecule has 1 saturated heterocycles. The fraction of sp³-hybridized carbons (Fsp3) is 0.533. The Labute approximate surface area is 123 Å². The number of hydrogen-bond donors (Lipinski definition) is 1. The number of halogens is 1. The van der Waals surface area contributed by atoms with E-state index in [1.807, 2.05) is 11.8 Å². The number of nitrogens with zero attached hydrogens (tertiary/aromatic N) is 1. The van der Waals surface area contributed by atoms with E-state index in [0.717, 1.165) is 36.1 Å². The van der Waals surface area contributed by atoms with Crippen molar-refractivity contribution in [2.75, 3.05) is 18.0 Å². The summed E-state index contributed by atoms with van der Waals surface area (Å²) in [4.78, 5) is 14.4. The molecule has 0 spiro atoms. The van der Waals surface area contributed by atoms with Crippen molar-refractivity contribution >= 4 is 27.5 Å². The van der Waals surface area contributed by atoms with Gasteiger partial charge < -0.3 is 10.2 Å². The van der Waals surface area contributed by atoms with Crippen molar-refractivity contribution in [3.8, 4) is 0 Å². The number of piperidine rings is 1. The van der Waals surface area contributed by atoms with E-state index >= 15 is 0 Å². The first-order valence-corrected chi connectivity index (χ1v) is 7.65. The zero-order valence-electron chi connectivity index (χ0n) is 11.8. The molecule has 1 aliphatic heterocycles. The minimum absolute atomic E-state index is 0.0250. The average Bonchev–Trinajstić information content (AvgIpc) is 2.38. The van der Waals surface area contributed by atoms with Crippen LogP contribution in [0.25, 0.3) is 0 Å². The Balaban J connectivity index is 2.28. The first-order valence-electron chi connectivity index (χ1n) is 6.86. The van der Waals surface area contributed by atoms with Crippen LogP contribution in [0.1, 0.15) is 30.9 Å². The normalized spacial score (nSPS) is 19.9. The summed E-state index contributed by atoms with van der Waals surface area (Å²) in [5.41, 5.74) is 3.37. The van der Waals surface area contributed by atoms with Gasteiger partial charge in [-0.2, -0.15) is 0 Å². The summed E-state index contributed by atoms with van der Waals surface area (Å²) in [5.74, 6) is 0.203. The third-order valence-corrected chi connectivity index (χ3v) is 4.87. The Bertz CT molecular complexity index is 462. The fourth-order valence-corrected chi connectivity index (χ4v) is 2.88. The highest BCUT2D eigenvalue weighted by atomic mass is 79.9. The SMILES string of the molecule is CCNC1CCCN(c2cc(C)c(Br)c(C)c2)C1=O.